The maximum absolute atomic E-state index is 6.01. The Balaban J connectivity index is 2.12. The molecule has 19 heavy (non-hydrogen) atoms. The molecule has 2 rings (SSSR count). The average Bonchev–Trinajstić information content (AvgIpc) is 2.78. The number of rotatable bonds is 5. The third-order valence-electron chi connectivity index (χ3n) is 3.20. The molecule has 0 aliphatic heterocycles. The molecule has 1 heterocycles. The predicted octanol–water partition coefficient (Wildman–Crippen LogP) is 2.55. The summed E-state index contributed by atoms with van der Waals surface area (Å²) in [7, 11) is 1.90. The van der Waals surface area contributed by atoms with E-state index < -0.39 is 0 Å². The molecule has 5 heteroatoms. The number of hydrogen-bond acceptors (Lipinski definition) is 4. The molecule has 0 bridgehead atoms. The SMILES string of the molecule is CCC(N)Cc1ccc(Sc2ncnn2C)cc1C. The van der Waals surface area contributed by atoms with E-state index in [1.807, 2.05) is 7.05 Å². The molecule has 102 valence electrons. The number of hydrogen-bond donors (Lipinski definition) is 1. The van der Waals surface area contributed by atoms with Crippen molar-refractivity contribution >= 4 is 11.8 Å². The summed E-state index contributed by atoms with van der Waals surface area (Å²) in [5.41, 5.74) is 8.63. The number of aromatic nitrogens is 3. The molecule has 1 atom stereocenters. The summed E-state index contributed by atoms with van der Waals surface area (Å²) in [5.74, 6) is 0. The second-order valence-corrected chi connectivity index (χ2v) is 5.77. The fraction of sp³-hybridized carbons (Fsp3) is 0.429. The van der Waals surface area contributed by atoms with E-state index in [1.54, 1.807) is 22.8 Å². The van der Waals surface area contributed by atoms with Gasteiger partial charge in [-0.1, -0.05) is 24.8 Å². The Morgan fingerprint density at radius 1 is 1.42 bits per heavy atom. The van der Waals surface area contributed by atoms with Gasteiger partial charge in [-0.2, -0.15) is 5.10 Å². The van der Waals surface area contributed by atoms with Gasteiger partial charge in [0.05, 0.1) is 0 Å². The largest absolute Gasteiger partial charge is 0.327 e. The lowest BCUT2D eigenvalue weighted by Crippen LogP contribution is -2.21. The predicted molar refractivity (Wildman–Crippen MR) is 78.3 cm³/mol. The van der Waals surface area contributed by atoms with E-state index in [4.69, 9.17) is 5.73 Å². The summed E-state index contributed by atoms with van der Waals surface area (Å²) in [6.07, 6.45) is 3.52. The van der Waals surface area contributed by atoms with Crippen LogP contribution in [-0.4, -0.2) is 20.8 Å². The first-order valence-corrected chi connectivity index (χ1v) is 7.28. The Morgan fingerprint density at radius 3 is 2.79 bits per heavy atom. The van der Waals surface area contributed by atoms with Gasteiger partial charge in [0.1, 0.15) is 6.33 Å². The van der Waals surface area contributed by atoms with Gasteiger partial charge in [-0.15, -0.1) is 0 Å². The third kappa shape index (κ3) is 3.58. The van der Waals surface area contributed by atoms with Gasteiger partial charge in [-0.05, 0) is 43.0 Å². The zero-order valence-corrected chi connectivity index (χ0v) is 12.4. The van der Waals surface area contributed by atoms with E-state index in [0.29, 0.717) is 0 Å². The normalized spacial score (nSPS) is 12.6. The molecule has 0 spiro atoms. The number of aryl methyl sites for hydroxylation is 2. The summed E-state index contributed by atoms with van der Waals surface area (Å²) in [5, 5.41) is 4.97. The van der Waals surface area contributed by atoms with Crippen LogP contribution in [-0.2, 0) is 13.5 Å². The van der Waals surface area contributed by atoms with Gasteiger partial charge in [0, 0.05) is 18.0 Å². The van der Waals surface area contributed by atoms with Crippen molar-refractivity contribution in [1.82, 2.24) is 14.8 Å². The van der Waals surface area contributed by atoms with Gasteiger partial charge in [0.25, 0.3) is 0 Å². The first kappa shape index (κ1) is 14.1. The van der Waals surface area contributed by atoms with Crippen molar-refractivity contribution in [3.8, 4) is 0 Å². The highest BCUT2D eigenvalue weighted by molar-refractivity contribution is 7.99. The van der Waals surface area contributed by atoms with Crippen LogP contribution in [0.5, 0.6) is 0 Å². The van der Waals surface area contributed by atoms with E-state index in [1.165, 1.54) is 16.0 Å². The lowest BCUT2D eigenvalue weighted by atomic mass is 10.0. The fourth-order valence-electron chi connectivity index (χ4n) is 1.87. The van der Waals surface area contributed by atoms with Crippen LogP contribution < -0.4 is 5.73 Å². The molecule has 2 aromatic rings. The molecule has 1 aromatic heterocycles. The van der Waals surface area contributed by atoms with Crippen molar-refractivity contribution in [3.63, 3.8) is 0 Å². The first-order valence-electron chi connectivity index (χ1n) is 6.47. The van der Waals surface area contributed by atoms with Crippen molar-refractivity contribution in [1.29, 1.82) is 0 Å². The molecule has 0 aliphatic rings. The van der Waals surface area contributed by atoms with Gasteiger partial charge in [0.2, 0.25) is 0 Å². The summed E-state index contributed by atoms with van der Waals surface area (Å²) in [6.45, 7) is 4.26. The van der Waals surface area contributed by atoms with E-state index in [-0.39, 0.29) is 6.04 Å². The van der Waals surface area contributed by atoms with Crippen LogP contribution in [0.4, 0.5) is 0 Å². The van der Waals surface area contributed by atoms with Crippen molar-refractivity contribution < 1.29 is 0 Å². The van der Waals surface area contributed by atoms with Crippen molar-refractivity contribution in [3.05, 3.63) is 35.7 Å². The van der Waals surface area contributed by atoms with Crippen LogP contribution in [0, 0.1) is 6.92 Å². The molecular formula is C14H20N4S. The maximum Gasteiger partial charge on any atom is 0.190 e. The maximum atomic E-state index is 6.01. The number of benzene rings is 1. The Bertz CT molecular complexity index is 550. The molecule has 2 N–H and O–H groups in total. The standard InChI is InChI=1S/C14H20N4S/c1-4-12(15)8-11-5-6-13(7-10(11)2)19-14-16-9-17-18(14)3/h5-7,9,12H,4,8,15H2,1-3H3. The van der Waals surface area contributed by atoms with Crippen LogP contribution >= 0.6 is 11.8 Å². The quantitative estimate of drug-likeness (QED) is 0.912. The average molecular weight is 276 g/mol. The molecule has 0 amide bonds. The van der Waals surface area contributed by atoms with Crippen molar-refractivity contribution in [2.75, 3.05) is 0 Å². The third-order valence-corrected chi connectivity index (χ3v) is 4.24. The van der Waals surface area contributed by atoms with Crippen molar-refractivity contribution in [2.45, 2.75) is 42.8 Å². The van der Waals surface area contributed by atoms with E-state index in [2.05, 4.69) is 42.1 Å². The topological polar surface area (TPSA) is 56.7 Å². The summed E-state index contributed by atoms with van der Waals surface area (Å²) < 4.78 is 1.78. The first-order chi connectivity index (χ1) is 9.10. The van der Waals surface area contributed by atoms with E-state index in [9.17, 15) is 0 Å². The highest BCUT2D eigenvalue weighted by atomic mass is 32.2. The highest BCUT2D eigenvalue weighted by Crippen LogP contribution is 2.27. The molecular weight excluding hydrogens is 256 g/mol. The van der Waals surface area contributed by atoms with Gasteiger partial charge in [-0.25, -0.2) is 9.67 Å². The number of nitrogens with zero attached hydrogens (tertiary/aromatic N) is 3. The highest BCUT2D eigenvalue weighted by Gasteiger charge is 2.08. The van der Waals surface area contributed by atoms with Crippen LogP contribution in [0.15, 0.2) is 34.6 Å². The van der Waals surface area contributed by atoms with E-state index in [0.717, 1.165) is 18.0 Å². The lowest BCUT2D eigenvalue weighted by molar-refractivity contribution is 0.644. The molecule has 0 saturated heterocycles. The van der Waals surface area contributed by atoms with Crippen LogP contribution in [0.1, 0.15) is 24.5 Å². The summed E-state index contributed by atoms with van der Waals surface area (Å²) in [4.78, 5) is 5.40. The smallest absolute Gasteiger partial charge is 0.190 e. The van der Waals surface area contributed by atoms with Crippen molar-refractivity contribution in [2.24, 2.45) is 12.8 Å². The van der Waals surface area contributed by atoms with E-state index >= 15 is 0 Å². The van der Waals surface area contributed by atoms with Crippen LogP contribution in [0.25, 0.3) is 0 Å². The minimum absolute atomic E-state index is 0.246. The minimum Gasteiger partial charge on any atom is -0.327 e. The Morgan fingerprint density at radius 2 is 2.21 bits per heavy atom. The minimum atomic E-state index is 0.246. The lowest BCUT2D eigenvalue weighted by Gasteiger charge is -2.12. The molecule has 4 nitrogen and oxygen atoms in total. The van der Waals surface area contributed by atoms with Gasteiger partial charge >= 0.3 is 0 Å². The zero-order valence-electron chi connectivity index (χ0n) is 11.6. The molecule has 1 unspecified atom stereocenters. The fourth-order valence-corrected chi connectivity index (χ4v) is 2.73. The molecule has 1 aromatic carbocycles. The Kier molecular flexibility index (Phi) is 4.61. The monoisotopic (exact) mass is 276 g/mol. The second kappa shape index (κ2) is 6.21. The molecule has 0 radical (unpaired) electrons. The van der Waals surface area contributed by atoms with Gasteiger partial charge in [-0.3, -0.25) is 0 Å². The van der Waals surface area contributed by atoms with Crippen LogP contribution in [0.3, 0.4) is 0 Å². The Hall–Kier alpha value is -1.33. The molecule has 0 aliphatic carbocycles. The second-order valence-electron chi connectivity index (χ2n) is 4.73. The Labute approximate surface area is 118 Å². The summed E-state index contributed by atoms with van der Waals surface area (Å²) >= 11 is 1.63. The zero-order chi connectivity index (χ0) is 13.8. The molecule has 0 saturated carbocycles. The van der Waals surface area contributed by atoms with Crippen LogP contribution in [0.2, 0.25) is 0 Å². The summed E-state index contributed by atoms with van der Waals surface area (Å²) in [6, 6.07) is 6.74. The van der Waals surface area contributed by atoms with Gasteiger partial charge < -0.3 is 5.73 Å². The molecule has 0 fully saturated rings. The van der Waals surface area contributed by atoms with Gasteiger partial charge in [0.15, 0.2) is 5.16 Å². The number of nitrogens with two attached hydrogens (primary N) is 1.